The SMILES string of the molecule is CN(c1ccccc1F)c1nc(N)nc2ccccc12. The largest absolute Gasteiger partial charge is 0.368 e. The first-order chi connectivity index (χ1) is 9.66. The van der Waals surface area contributed by atoms with Gasteiger partial charge in [-0.1, -0.05) is 24.3 Å². The normalized spacial score (nSPS) is 10.7. The molecule has 0 spiro atoms. The number of anilines is 3. The number of aromatic nitrogens is 2. The Hall–Kier alpha value is -2.69. The van der Waals surface area contributed by atoms with Crippen LogP contribution in [0.5, 0.6) is 0 Å². The van der Waals surface area contributed by atoms with Gasteiger partial charge >= 0.3 is 0 Å². The zero-order chi connectivity index (χ0) is 14.1. The van der Waals surface area contributed by atoms with E-state index in [1.54, 1.807) is 30.1 Å². The molecule has 0 fully saturated rings. The van der Waals surface area contributed by atoms with Gasteiger partial charge in [-0.2, -0.15) is 4.98 Å². The summed E-state index contributed by atoms with van der Waals surface area (Å²) in [6, 6.07) is 14.1. The summed E-state index contributed by atoms with van der Waals surface area (Å²) in [5.41, 5.74) is 6.91. The summed E-state index contributed by atoms with van der Waals surface area (Å²) >= 11 is 0. The second-order valence-electron chi connectivity index (χ2n) is 4.43. The van der Waals surface area contributed by atoms with Crippen LogP contribution >= 0.6 is 0 Å². The topological polar surface area (TPSA) is 55.0 Å². The van der Waals surface area contributed by atoms with Gasteiger partial charge in [-0.05, 0) is 24.3 Å². The Morgan fingerprint density at radius 1 is 1.00 bits per heavy atom. The van der Waals surface area contributed by atoms with Crippen LogP contribution in [0.4, 0.5) is 21.8 Å². The molecule has 20 heavy (non-hydrogen) atoms. The third-order valence-corrected chi connectivity index (χ3v) is 3.13. The van der Waals surface area contributed by atoms with Crippen LogP contribution in [0.15, 0.2) is 48.5 Å². The first-order valence-corrected chi connectivity index (χ1v) is 6.17. The molecule has 2 N–H and O–H groups in total. The number of nitrogen functional groups attached to an aromatic ring is 1. The lowest BCUT2D eigenvalue weighted by molar-refractivity contribution is 0.627. The number of fused-ring (bicyclic) bond motifs is 1. The molecule has 5 heteroatoms. The van der Waals surface area contributed by atoms with E-state index in [1.807, 2.05) is 24.3 Å². The number of hydrogen-bond acceptors (Lipinski definition) is 4. The number of rotatable bonds is 2. The molecule has 0 amide bonds. The van der Waals surface area contributed by atoms with Crippen LogP contribution in [0.2, 0.25) is 0 Å². The van der Waals surface area contributed by atoms with Gasteiger partial charge in [-0.3, -0.25) is 0 Å². The number of halogens is 1. The molecule has 0 saturated carbocycles. The van der Waals surface area contributed by atoms with Crippen LogP contribution in [0, 0.1) is 5.82 Å². The molecular weight excluding hydrogens is 255 g/mol. The number of nitrogens with zero attached hydrogens (tertiary/aromatic N) is 3. The summed E-state index contributed by atoms with van der Waals surface area (Å²) in [5, 5.41) is 0.826. The van der Waals surface area contributed by atoms with Crippen molar-refractivity contribution in [3.05, 3.63) is 54.3 Å². The molecule has 0 saturated heterocycles. The second-order valence-corrected chi connectivity index (χ2v) is 4.43. The van der Waals surface area contributed by atoms with Crippen LogP contribution in [0.25, 0.3) is 10.9 Å². The Morgan fingerprint density at radius 3 is 2.50 bits per heavy atom. The molecule has 0 bridgehead atoms. The molecule has 0 aliphatic heterocycles. The fourth-order valence-corrected chi connectivity index (χ4v) is 2.17. The smallest absolute Gasteiger partial charge is 0.222 e. The van der Waals surface area contributed by atoms with Crippen LogP contribution in [0.1, 0.15) is 0 Å². The van der Waals surface area contributed by atoms with Gasteiger partial charge in [0, 0.05) is 12.4 Å². The minimum atomic E-state index is -0.309. The standard InChI is InChI=1S/C15H13FN4/c1-20(13-9-5-3-7-11(13)16)14-10-6-2-4-8-12(10)18-15(17)19-14/h2-9H,1H3,(H2,17,18,19). The van der Waals surface area contributed by atoms with Crippen molar-refractivity contribution in [1.29, 1.82) is 0 Å². The minimum Gasteiger partial charge on any atom is -0.368 e. The van der Waals surface area contributed by atoms with E-state index in [-0.39, 0.29) is 11.8 Å². The molecule has 0 unspecified atom stereocenters. The maximum atomic E-state index is 13.9. The maximum absolute atomic E-state index is 13.9. The van der Waals surface area contributed by atoms with Crippen LogP contribution in [0.3, 0.4) is 0 Å². The van der Waals surface area contributed by atoms with Gasteiger partial charge in [0.15, 0.2) is 0 Å². The molecule has 0 aliphatic carbocycles. The molecule has 2 aromatic carbocycles. The number of para-hydroxylation sites is 2. The minimum absolute atomic E-state index is 0.168. The first kappa shape index (κ1) is 12.3. The summed E-state index contributed by atoms with van der Waals surface area (Å²) in [4.78, 5) is 10.1. The molecule has 0 aliphatic rings. The Kier molecular flexibility index (Phi) is 2.95. The van der Waals surface area contributed by atoms with E-state index in [0.717, 1.165) is 10.9 Å². The molecule has 4 nitrogen and oxygen atoms in total. The summed E-state index contributed by atoms with van der Waals surface area (Å²) in [6.45, 7) is 0. The zero-order valence-corrected chi connectivity index (χ0v) is 10.9. The van der Waals surface area contributed by atoms with Crippen LogP contribution < -0.4 is 10.6 Å². The predicted octanol–water partition coefficient (Wildman–Crippen LogP) is 3.12. The average Bonchev–Trinajstić information content (AvgIpc) is 2.46. The van der Waals surface area contributed by atoms with Crippen molar-refractivity contribution >= 4 is 28.4 Å². The van der Waals surface area contributed by atoms with Crippen molar-refractivity contribution in [2.75, 3.05) is 17.7 Å². The molecule has 0 atom stereocenters. The van der Waals surface area contributed by atoms with Crippen molar-refractivity contribution < 1.29 is 4.39 Å². The van der Waals surface area contributed by atoms with E-state index in [1.165, 1.54) is 6.07 Å². The Balaban J connectivity index is 2.21. The lowest BCUT2D eigenvalue weighted by Crippen LogP contribution is -2.14. The number of hydrogen-bond donors (Lipinski definition) is 1. The van der Waals surface area contributed by atoms with Gasteiger partial charge in [-0.15, -0.1) is 0 Å². The van der Waals surface area contributed by atoms with Crippen molar-refractivity contribution in [3.63, 3.8) is 0 Å². The van der Waals surface area contributed by atoms with Gasteiger partial charge in [0.2, 0.25) is 5.95 Å². The highest BCUT2D eigenvalue weighted by Crippen LogP contribution is 2.30. The van der Waals surface area contributed by atoms with Gasteiger partial charge in [-0.25, -0.2) is 9.37 Å². The van der Waals surface area contributed by atoms with E-state index in [4.69, 9.17) is 5.73 Å². The van der Waals surface area contributed by atoms with E-state index in [9.17, 15) is 4.39 Å². The third kappa shape index (κ3) is 2.03. The number of nitrogens with two attached hydrogens (primary N) is 1. The summed E-state index contributed by atoms with van der Waals surface area (Å²) in [5.74, 6) is 0.441. The highest BCUT2D eigenvalue weighted by atomic mass is 19.1. The fraction of sp³-hybridized carbons (Fsp3) is 0.0667. The quantitative estimate of drug-likeness (QED) is 0.775. The van der Waals surface area contributed by atoms with Crippen molar-refractivity contribution in [1.82, 2.24) is 9.97 Å². The second kappa shape index (κ2) is 4.77. The lowest BCUT2D eigenvalue weighted by Gasteiger charge is -2.20. The summed E-state index contributed by atoms with van der Waals surface area (Å²) in [6.07, 6.45) is 0. The van der Waals surface area contributed by atoms with Gasteiger partial charge in [0.25, 0.3) is 0 Å². The fourth-order valence-electron chi connectivity index (χ4n) is 2.17. The van der Waals surface area contributed by atoms with E-state index < -0.39 is 0 Å². The molecule has 100 valence electrons. The van der Waals surface area contributed by atoms with Gasteiger partial charge in [0.05, 0.1) is 11.2 Å². The number of benzene rings is 2. The average molecular weight is 268 g/mol. The van der Waals surface area contributed by atoms with E-state index >= 15 is 0 Å². The highest BCUT2D eigenvalue weighted by molar-refractivity contribution is 5.92. The molecule has 3 rings (SSSR count). The first-order valence-electron chi connectivity index (χ1n) is 6.17. The highest BCUT2D eigenvalue weighted by Gasteiger charge is 2.14. The molecule has 0 radical (unpaired) electrons. The zero-order valence-electron chi connectivity index (χ0n) is 10.9. The van der Waals surface area contributed by atoms with E-state index in [2.05, 4.69) is 9.97 Å². The molecular formula is C15H13FN4. The Labute approximate surface area is 115 Å². The van der Waals surface area contributed by atoms with Crippen molar-refractivity contribution in [3.8, 4) is 0 Å². The van der Waals surface area contributed by atoms with Crippen molar-refractivity contribution in [2.24, 2.45) is 0 Å². The summed E-state index contributed by atoms with van der Waals surface area (Å²) in [7, 11) is 1.76. The monoisotopic (exact) mass is 268 g/mol. The predicted molar refractivity (Wildman–Crippen MR) is 78.4 cm³/mol. The van der Waals surface area contributed by atoms with Crippen LogP contribution in [-0.4, -0.2) is 17.0 Å². The lowest BCUT2D eigenvalue weighted by atomic mass is 10.2. The Morgan fingerprint density at radius 2 is 1.70 bits per heavy atom. The van der Waals surface area contributed by atoms with Gasteiger partial charge < -0.3 is 10.6 Å². The molecule has 1 aromatic heterocycles. The van der Waals surface area contributed by atoms with Gasteiger partial charge in [0.1, 0.15) is 11.6 Å². The van der Waals surface area contributed by atoms with Crippen LogP contribution in [-0.2, 0) is 0 Å². The molecule has 1 heterocycles. The molecule has 3 aromatic rings. The van der Waals surface area contributed by atoms with E-state index in [0.29, 0.717) is 11.5 Å². The maximum Gasteiger partial charge on any atom is 0.222 e. The summed E-state index contributed by atoms with van der Waals surface area (Å²) < 4.78 is 13.9. The Bertz CT molecular complexity index is 773. The third-order valence-electron chi connectivity index (χ3n) is 3.13. The van der Waals surface area contributed by atoms with Crippen molar-refractivity contribution in [2.45, 2.75) is 0 Å².